The number of carbonyl (C=O) groups is 1. The fourth-order valence-electron chi connectivity index (χ4n) is 1.95. The van der Waals surface area contributed by atoms with Crippen molar-refractivity contribution >= 4 is 23.4 Å². The summed E-state index contributed by atoms with van der Waals surface area (Å²) in [7, 11) is 0. The summed E-state index contributed by atoms with van der Waals surface area (Å²) in [5.41, 5.74) is 1.78. The highest BCUT2D eigenvalue weighted by molar-refractivity contribution is 7.99. The molecule has 19 heavy (non-hydrogen) atoms. The number of anilines is 1. The second-order valence-corrected chi connectivity index (χ2v) is 5.31. The zero-order valence-electron chi connectivity index (χ0n) is 10.2. The Bertz CT molecular complexity index is 564. The first-order chi connectivity index (χ1) is 9.33. The van der Waals surface area contributed by atoms with Crippen molar-refractivity contribution in [3.05, 3.63) is 43.0 Å². The number of rotatable bonds is 3. The van der Waals surface area contributed by atoms with Crippen LogP contribution in [0.25, 0.3) is 5.69 Å². The van der Waals surface area contributed by atoms with E-state index in [-0.39, 0.29) is 11.9 Å². The van der Waals surface area contributed by atoms with E-state index in [2.05, 4.69) is 15.6 Å². The summed E-state index contributed by atoms with van der Waals surface area (Å²) in [6.07, 6.45) is 5.33. The fraction of sp³-hybridized carbons (Fsp3) is 0.231. The predicted octanol–water partition coefficient (Wildman–Crippen LogP) is 1.47. The number of hydrogen-bond donors (Lipinski definition) is 2. The number of hydrogen-bond acceptors (Lipinski definition) is 4. The van der Waals surface area contributed by atoms with Crippen molar-refractivity contribution < 1.29 is 4.79 Å². The van der Waals surface area contributed by atoms with Crippen LogP contribution < -0.4 is 10.6 Å². The average molecular weight is 274 g/mol. The second-order valence-electron chi connectivity index (χ2n) is 4.28. The predicted molar refractivity (Wildman–Crippen MR) is 76.4 cm³/mol. The third-order valence-corrected chi connectivity index (χ3v) is 3.89. The zero-order valence-corrected chi connectivity index (χ0v) is 11.1. The lowest BCUT2D eigenvalue weighted by atomic mass is 10.2. The van der Waals surface area contributed by atoms with Crippen LogP contribution in [0.2, 0.25) is 0 Å². The van der Waals surface area contributed by atoms with Gasteiger partial charge in [0.1, 0.15) is 0 Å². The molecule has 98 valence electrons. The summed E-state index contributed by atoms with van der Waals surface area (Å²) < 4.78 is 1.90. The molecule has 1 fully saturated rings. The highest BCUT2D eigenvalue weighted by Gasteiger charge is 2.22. The lowest BCUT2D eigenvalue weighted by molar-refractivity contribution is -0.117. The standard InChI is InChI=1S/C13H14N4OS/c18-13(12-7-19-9-15-12)16-10-2-1-3-11(6-10)17-5-4-14-8-17/h1-6,8,12,15H,7,9H2,(H,16,18). The Morgan fingerprint density at radius 3 is 3.21 bits per heavy atom. The molecule has 1 aliphatic heterocycles. The van der Waals surface area contributed by atoms with Gasteiger partial charge in [-0.1, -0.05) is 6.07 Å². The number of nitrogens with one attached hydrogen (secondary N) is 2. The van der Waals surface area contributed by atoms with Gasteiger partial charge in [-0.3, -0.25) is 10.1 Å². The van der Waals surface area contributed by atoms with E-state index in [0.717, 1.165) is 23.0 Å². The molecule has 6 heteroatoms. The minimum Gasteiger partial charge on any atom is -0.325 e. The van der Waals surface area contributed by atoms with Crippen LogP contribution in [0.15, 0.2) is 43.0 Å². The number of nitrogens with zero attached hydrogens (tertiary/aromatic N) is 2. The van der Waals surface area contributed by atoms with E-state index in [1.54, 1.807) is 24.3 Å². The molecule has 0 aliphatic carbocycles. The summed E-state index contributed by atoms with van der Waals surface area (Å²) >= 11 is 1.74. The summed E-state index contributed by atoms with van der Waals surface area (Å²) in [4.78, 5) is 16.0. The normalized spacial score (nSPS) is 18.4. The van der Waals surface area contributed by atoms with Gasteiger partial charge in [-0.15, -0.1) is 11.8 Å². The second kappa shape index (κ2) is 5.46. The van der Waals surface area contributed by atoms with Crippen LogP contribution in [0.1, 0.15) is 0 Å². The van der Waals surface area contributed by atoms with Crippen LogP contribution in [-0.2, 0) is 4.79 Å². The molecule has 1 amide bonds. The molecule has 3 rings (SSSR count). The average Bonchev–Trinajstić information content (AvgIpc) is 3.13. The number of carbonyl (C=O) groups excluding carboxylic acids is 1. The van der Waals surface area contributed by atoms with Crippen LogP contribution >= 0.6 is 11.8 Å². The Morgan fingerprint density at radius 1 is 1.53 bits per heavy atom. The van der Waals surface area contributed by atoms with Gasteiger partial charge in [0.15, 0.2) is 0 Å². The van der Waals surface area contributed by atoms with Crippen LogP contribution in [0.4, 0.5) is 5.69 Å². The Hall–Kier alpha value is -1.79. The molecule has 1 atom stereocenters. The minimum absolute atomic E-state index is 0.0211. The molecule has 0 saturated carbocycles. The molecule has 0 bridgehead atoms. The number of amides is 1. The van der Waals surface area contributed by atoms with Crippen molar-refractivity contribution in [1.29, 1.82) is 0 Å². The van der Waals surface area contributed by atoms with E-state index < -0.39 is 0 Å². The summed E-state index contributed by atoms with van der Waals surface area (Å²) in [6.45, 7) is 0. The van der Waals surface area contributed by atoms with Crippen molar-refractivity contribution in [3.63, 3.8) is 0 Å². The molecule has 2 heterocycles. The Kier molecular flexibility index (Phi) is 3.52. The Labute approximate surface area is 115 Å². The van der Waals surface area contributed by atoms with Crippen LogP contribution in [0, 0.1) is 0 Å². The van der Waals surface area contributed by atoms with Gasteiger partial charge < -0.3 is 9.88 Å². The third kappa shape index (κ3) is 2.80. The lowest BCUT2D eigenvalue weighted by Gasteiger charge is -2.11. The van der Waals surface area contributed by atoms with Gasteiger partial charge in [0.25, 0.3) is 0 Å². The fourth-order valence-corrected chi connectivity index (χ4v) is 2.89. The SMILES string of the molecule is O=C(Nc1cccc(-n2ccnc2)c1)C1CSCN1. The number of thioether (sulfide) groups is 1. The van der Waals surface area contributed by atoms with Crippen LogP contribution in [0.5, 0.6) is 0 Å². The monoisotopic (exact) mass is 274 g/mol. The molecule has 1 aliphatic rings. The van der Waals surface area contributed by atoms with E-state index in [1.807, 2.05) is 35.0 Å². The maximum atomic E-state index is 12.0. The van der Waals surface area contributed by atoms with E-state index in [9.17, 15) is 4.79 Å². The highest BCUT2D eigenvalue weighted by atomic mass is 32.2. The molecule has 1 aromatic carbocycles. The maximum Gasteiger partial charge on any atom is 0.242 e. The van der Waals surface area contributed by atoms with Gasteiger partial charge in [0, 0.05) is 35.4 Å². The summed E-state index contributed by atoms with van der Waals surface area (Å²) in [5, 5.41) is 6.09. The largest absolute Gasteiger partial charge is 0.325 e. The first-order valence-electron chi connectivity index (χ1n) is 6.03. The van der Waals surface area contributed by atoms with E-state index in [1.165, 1.54) is 0 Å². The summed E-state index contributed by atoms with van der Waals surface area (Å²) in [6, 6.07) is 7.62. The van der Waals surface area contributed by atoms with Gasteiger partial charge >= 0.3 is 0 Å². The van der Waals surface area contributed by atoms with Crippen LogP contribution in [-0.4, -0.2) is 33.1 Å². The molecule has 2 N–H and O–H groups in total. The van der Waals surface area contributed by atoms with E-state index in [4.69, 9.17) is 0 Å². The first kappa shape index (κ1) is 12.3. The van der Waals surface area contributed by atoms with Crippen molar-refractivity contribution in [1.82, 2.24) is 14.9 Å². The quantitative estimate of drug-likeness (QED) is 0.890. The molecule has 1 unspecified atom stereocenters. The van der Waals surface area contributed by atoms with Gasteiger partial charge in [-0.25, -0.2) is 4.98 Å². The topological polar surface area (TPSA) is 59.0 Å². The number of aromatic nitrogens is 2. The molecular formula is C13H14N4OS. The van der Waals surface area contributed by atoms with Gasteiger partial charge in [0.05, 0.1) is 12.4 Å². The molecular weight excluding hydrogens is 260 g/mol. The smallest absolute Gasteiger partial charge is 0.242 e. The molecule has 0 spiro atoms. The lowest BCUT2D eigenvalue weighted by Crippen LogP contribution is -2.37. The zero-order chi connectivity index (χ0) is 13.1. The van der Waals surface area contributed by atoms with Crippen molar-refractivity contribution in [2.45, 2.75) is 6.04 Å². The number of benzene rings is 1. The van der Waals surface area contributed by atoms with Crippen molar-refractivity contribution in [2.24, 2.45) is 0 Å². The van der Waals surface area contributed by atoms with Gasteiger partial charge in [-0.05, 0) is 18.2 Å². The van der Waals surface area contributed by atoms with E-state index in [0.29, 0.717) is 0 Å². The van der Waals surface area contributed by atoms with E-state index >= 15 is 0 Å². The molecule has 1 aromatic heterocycles. The van der Waals surface area contributed by atoms with Gasteiger partial charge in [-0.2, -0.15) is 0 Å². The van der Waals surface area contributed by atoms with Crippen molar-refractivity contribution in [2.75, 3.05) is 16.9 Å². The third-order valence-electron chi connectivity index (χ3n) is 2.95. The molecule has 5 nitrogen and oxygen atoms in total. The minimum atomic E-state index is -0.0955. The first-order valence-corrected chi connectivity index (χ1v) is 7.19. The highest BCUT2D eigenvalue weighted by Crippen LogP contribution is 2.16. The van der Waals surface area contributed by atoms with Crippen LogP contribution in [0.3, 0.4) is 0 Å². The summed E-state index contributed by atoms with van der Waals surface area (Å²) in [5.74, 6) is 1.69. The molecule has 0 radical (unpaired) electrons. The molecule has 1 saturated heterocycles. The van der Waals surface area contributed by atoms with Crippen molar-refractivity contribution in [3.8, 4) is 5.69 Å². The molecule has 2 aromatic rings. The Balaban J connectivity index is 1.74. The van der Waals surface area contributed by atoms with Gasteiger partial charge in [0.2, 0.25) is 5.91 Å². The number of imidazole rings is 1. The maximum absolute atomic E-state index is 12.0. The Morgan fingerprint density at radius 2 is 2.47 bits per heavy atom.